The van der Waals surface area contributed by atoms with Gasteiger partial charge in [0.1, 0.15) is 11.9 Å². The van der Waals surface area contributed by atoms with Gasteiger partial charge in [-0.25, -0.2) is 13.6 Å². The van der Waals surface area contributed by atoms with Crippen LogP contribution in [0.4, 0.5) is 5.69 Å². The van der Waals surface area contributed by atoms with Gasteiger partial charge in [0.25, 0.3) is 11.8 Å². The third kappa shape index (κ3) is 6.12. The number of nitrogens with two attached hydrogens (primary N) is 2. The van der Waals surface area contributed by atoms with E-state index in [1.54, 1.807) is 91.0 Å². The normalized spacial score (nSPS) is 11.8. The maximum absolute atomic E-state index is 13.3. The summed E-state index contributed by atoms with van der Waals surface area (Å²) in [6, 6.07) is 27.0. The molecule has 0 aromatic heterocycles. The van der Waals surface area contributed by atoms with Gasteiger partial charge < -0.3 is 16.4 Å². The first-order chi connectivity index (χ1) is 18.1. The van der Waals surface area contributed by atoms with Crippen LogP contribution in [-0.2, 0) is 14.8 Å². The molecule has 38 heavy (non-hydrogen) atoms. The molecule has 10 heteroatoms. The third-order valence-electron chi connectivity index (χ3n) is 5.76. The molecule has 0 unspecified atom stereocenters. The van der Waals surface area contributed by atoms with Gasteiger partial charge in [-0.05, 0) is 41.5 Å². The molecule has 0 aliphatic heterocycles. The lowest BCUT2D eigenvalue weighted by atomic mass is 10.0. The van der Waals surface area contributed by atoms with Gasteiger partial charge in [0.2, 0.25) is 10.0 Å². The number of nitrogen functional groups attached to an aromatic ring is 1. The van der Waals surface area contributed by atoms with Crippen LogP contribution in [0, 0.1) is 5.41 Å². The number of sulfonamides is 1. The number of anilines is 1. The first-order valence-corrected chi connectivity index (χ1v) is 13.0. The molecule has 0 fully saturated rings. The van der Waals surface area contributed by atoms with Crippen LogP contribution in [0.25, 0.3) is 11.1 Å². The van der Waals surface area contributed by atoms with Crippen molar-refractivity contribution >= 4 is 33.4 Å². The van der Waals surface area contributed by atoms with Crippen molar-refractivity contribution in [3.63, 3.8) is 0 Å². The number of carbonyl (C=O) groups excluding carboxylic acids is 2. The van der Waals surface area contributed by atoms with E-state index in [4.69, 9.17) is 16.3 Å². The van der Waals surface area contributed by atoms with E-state index in [0.717, 1.165) is 0 Å². The zero-order chi connectivity index (χ0) is 27.3. The summed E-state index contributed by atoms with van der Waals surface area (Å²) in [6.07, 6.45) is 0. The Kier molecular flexibility index (Phi) is 7.66. The maximum Gasteiger partial charge on any atom is 0.252 e. The Morgan fingerprint density at radius 2 is 1.42 bits per heavy atom. The molecule has 9 nitrogen and oxygen atoms in total. The second-order valence-corrected chi connectivity index (χ2v) is 9.95. The molecule has 0 saturated carbocycles. The van der Waals surface area contributed by atoms with E-state index in [2.05, 4.69) is 10.6 Å². The Morgan fingerprint density at radius 1 is 0.789 bits per heavy atom. The number of amides is 2. The molecule has 7 N–H and O–H groups in total. The Hall–Kier alpha value is -4.80. The van der Waals surface area contributed by atoms with Gasteiger partial charge in [-0.15, -0.1) is 0 Å². The van der Waals surface area contributed by atoms with Crippen molar-refractivity contribution in [1.29, 1.82) is 5.41 Å². The minimum absolute atomic E-state index is 0.00233. The molecule has 0 aliphatic carbocycles. The fourth-order valence-corrected chi connectivity index (χ4v) is 4.65. The predicted molar refractivity (Wildman–Crippen MR) is 146 cm³/mol. The Morgan fingerprint density at radius 3 is 2.08 bits per heavy atom. The standard InChI is InChI=1S/C28H25N5O4S/c29-26(30)20-9-6-10-21(17-20)27(34)33-25(19-7-2-1-3-8-19)28(35)32-22-15-13-18(14-16-22)23-11-4-5-12-24(23)38(31,36)37/h1-17,25H,(H3,29,30)(H,32,35)(H,33,34)(H2,31,36,37)/t25-/m0/s1. The first kappa shape index (κ1) is 26.3. The maximum atomic E-state index is 13.3. The van der Waals surface area contributed by atoms with E-state index >= 15 is 0 Å². The van der Waals surface area contributed by atoms with Crippen LogP contribution in [-0.4, -0.2) is 26.1 Å². The zero-order valence-electron chi connectivity index (χ0n) is 20.1. The van der Waals surface area contributed by atoms with E-state index in [1.807, 2.05) is 0 Å². The average molecular weight is 528 g/mol. The molecule has 0 saturated heterocycles. The van der Waals surface area contributed by atoms with Crippen molar-refractivity contribution in [2.75, 3.05) is 5.32 Å². The van der Waals surface area contributed by atoms with Gasteiger partial charge in [-0.3, -0.25) is 15.0 Å². The Balaban J connectivity index is 1.57. The largest absolute Gasteiger partial charge is 0.384 e. The SMILES string of the molecule is N=C(N)c1cccc(C(=O)N[C@H](C(=O)Nc2ccc(-c3ccccc3S(N)(=O)=O)cc2)c2ccccc2)c1. The summed E-state index contributed by atoms with van der Waals surface area (Å²) >= 11 is 0. The van der Waals surface area contributed by atoms with Crippen LogP contribution < -0.4 is 21.5 Å². The summed E-state index contributed by atoms with van der Waals surface area (Å²) in [7, 11) is -3.92. The highest BCUT2D eigenvalue weighted by molar-refractivity contribution is 7.89. The predicted octanol–water partition coefficient (Wildman–Crippen LogP) is 3.39. The van der Waals surface area contributed by atoms with Gasteiger partial charge in [0.15, 0.2) is 0 Å². The van der Waals surface area contributed by atoms with Crippen molar-refractivity contribution in [3.05, 3.63) is 120 Å². The molecular formula is C28H25N5O4S. The molecule has 0 bridgehead atoms. The summed E-state index contributed by atoms with van der Waals surface area (Å²) in [4.78, 5) is 26.3. The monoisotopic (exact) mass is 527 g/mol. The van der Waals surface area contributed by atoms with Crippen LogP contribution in [0.3, 0.4) is 0 Å². The van der Waals surface area contributed by atoms with Crippen LogP contribution in [0.2, 0.25) is 0 Å². The highest BCUT2D eigenvalue weighted by Crippen LogP contribution is 2.28. The molecule has 0 spiro atoms. The fraction of sp³-hybridized carbons (Fsp3) is 0.0357. The number of primary sulfonamides is 1. The Bertz CT molecular complexity index is 1600. The molecule has 0 aliphatic rings. The summed E-state index contributed by atoms with van der Waals surface area (Å²) in [6.45, 7) is 0. The number of nitrogens with one attached hydrogen (secondary N) is 3. The van der Waals surface area contributed by atoms with Crippen LogP contribution >= 0.6 is 0 Å². The smallest absolute Gasteiger partial charge is 0.252 e. The van der Waals surface area contributed by atoms with E-state index in [0.29, 0.717) is 27.9 Å². The Labute approximate surface area is 220 Å². The second-order valence-electron chi connectivity index (χ2n) is 8.42. The van der Waals surface area contributed by atoms with Crippen molar-refractivity contribution in [2.45, 2.75) is 10.9 Å². The topological polar surface area (TPSA) is 168 Å². The van der Waals surface area contributed by atoms with E-state index in [9.17, 15) is 18.0 Å². The van der Waals surface area contributed by atoms with Gasteiger partial charge in [0, 0.05) is 22.4 Å². The minimum Gasteiger partial charge on any atom is -0.384 e. The van der Waals surface area contributed by atoms with Crippen molar-refractivity contribution < 1.29 is 18.0 Å². The molecule has 0 heterocycles. The molecule has 2 amide bonds. The molecule has 4 aromatic rings. The van der Waals surface area contributed by atoms with E-state index < -0.39 is 27.9 Å². The summed E-state index contributed by atoms with van der Waals surface area (Å²) in [5.74, 6) is -1.16. The second kappa shape index (κ2) is 11.1. The fourth-order valence-electron chi connectivity index (χ4n) is 3.89. The van der Waals surface area contributed by atoms with Gasteiger partial charge >= 0.3 is 0 Å². The lowest BCUT2D eigenvalue weighted by Crippen LogP contribution is -2.37. The molecule has 192 valence electrons. The summed E-state index contributed by atoms with van der Waals surface area (Å²) in [5, 5.41) is 18.5. The van der Waals surface area contributed by atoms with Crippen LogP contribution in [0.1, 0.15) is 27.5 Å². The zero-order valence-corrected chi connectivity index (χ0v) is 20.9. The van der Waals surface area contributed by atoms with Crippen molar-refractivity contribution in [1.82, 2.24) is 5.32 Å². The molecule has 4 rings (SSSR count). The van der Waals surface area contributed by atoms with Gasteiger partial charge in [-0.2, -0.15) is 0 Å². The molecule has 1 atom stereocenters. The van der Waals surface area contributed by atoms with Crippen LogP contribution in [0.5, 0.6) is 0 Å². The van der Waals surface area contributed by atoms with Gasteiger partial charge in [0.05, 0.1) is 4.90 Å². The molecular weight excluding hydrogens is 502 g/mol. The highest BCUT2D eigenvalue weighted by Gasteiger charge is 2.24. The number of hydrogen-bond acceptors (Lipinski definition) is 5. The molecule has 4 aromatic carbocycles. The number of amidine groups is 1. The lowest BCUT2D eigenvalue weighted by Gasteiger charge is -2.19. The van der Waals surface area contributed by atoms with E-state index in [-0.39, 0.29) is 16.3 Å². The van der Waals surface area contributed by atoms with Crippen molar-refractivity contribution in [3.8, 4) is 11.1 Å². The highest BCUT2D eigenvalue weighted by atomic mass is 32.2. The number of rotatable bonds is 8. The molecule has 0 radical (unpaired) electrons. The quantitative estimate of drug-likeness (QED) is 0.174. The number of hydrogen-bond donors (Lipinski definition) is 5. The lowest BCUT2D eigenvalue weighted by molar-refractivity contribution is -0.118. The number of carbonyl (C=O) groups is 2. The van der Waals surface area contributed by atoms with Crippen molar-refractivity contribution in [2.24, 2.45) is 10.9 Å². The van der Waals surface area contributed by atoms with E-state index in [1.165, 1.54) is 12.1 Å². The first-order valence-electron chi connectivity index (χ1n) is 11.5. The average Bonchev–Trinajstić information content (AvgIpc) is 2.92. The van der Waals surface area contributed by atoms with Crippen LogP contribution in [0.15, 0.2) is 108 Å². The third-order valence-corrected chi connectivity index (χ3v) is 6.73. The summed E-state index contributed by atoms with van der Waals surface area (Å²) < 4.78 is 23.9. The number of benzene rings is 4. The summed E-state index contributed by atoms with van der Waals surface area (Å²) in [5.41, 5.74) is 8.24. The minimum atomic E-state index is -3.92. The van der Waals surface area contributed by atoms with Gasteiger partial charge in [-0.1, -0.05) is 72.8 Å².